The summed E-state index contributed by atoms with van der Waals surface area (Å²) in [6.07, 6.45) is 2.13. The first kappa shape index (κ1) is 12.5. The molecule has 1 unspecified atom stereocenters. The van der Waals surface area contributed by atoms with Gasteiger partial charge in [-0.05, 0) is 42.7 Å². The van der Waals surface area contributed by atoms with Crippen molar-refractivity contribution in [3.05, 3.63) is 29.3 Å². The standard InChI is InChI=1S/C13H16O3S/c1-13(8-14,12(15)16)10-4-5-11-9(7-10)3-2-6-17-11/h4-5,7,14H,2-3,6,8H2,1H3,(H,15,16). The van der Waals surface area contributed by atoms with Gasteiger partial charge in [0, 0.05) is 4.90 Å². The zero-order valence-electron chi connectivity index (χ0n) is 9.77. The van der Waals surface area contributed by atoms with Gasteiger partial charge in [-0.3, -0.25) is 4.79 Å². The second kappa shape index (κ2) is 4.70. The van der Waals surface area contributed by atoms with Gasteiger partial charge in [-0.15, -0.1) is 11.8 Å². The van der Waals surface area contributed by atoms with Crippen molar-refractivity contribution < 1.29 is 15.0 Å². The van der Waals surface area contributed by atoms with Crippen LogP contribution in [0.5, 0.6) is 0 Å². The van der Waals surface area contributed by atoms with E-state index in [9.17, 15) is 15.0 Å². The van der Waals surface area contributed by atoms with E-state index in [4.69, 9.17) is 0 Å². The monoisotopic (exact) mass is 252 g/mol. The van der Waals surface area contributed by atoms with Gasteiger partial charge in [0.1, 0.15) is 5.41 Å². The minimum atomic E-state index is -1.20. The number of carbonyl (C=O) groups is 1. The Kier molecular flexibility index (Phi) is 3.45. The molecule has 0 spiro atoms. The zero-order valence-corrected chi connectivity index (χ0v) is 10.6. The third-order valence-corrected chi connectivity index (χ3v) is 4.54. The van der Waals surface area contributed by atoms with Gasteiger partial charge >= 0.3 is 5.97 Å². The van der Waals surface area contributed by atoms with Crippen LogP contribution in [0, 0.1) is 0 Å². The maximum Gasteiger partial charge on any atom is 0.316 e. The second-order valence-corrected chi connectivity index (χ2v) is 5.71. The highest BCUT2D eigenvalue weighted by molar-refractivity contribution is 7.99. The number of carboxylic acid groups (broad SMARTS) is 1. The van der Waals surface area contributed by atoms with Crippen molar-refractivity contribution in [1.82, 2.24) is 0 Å². The lowest BCUT2D eigenvalue weighted by Crippen LogP contribution is -2.36. The lowest BCUT2D eigenvalue weighted by molar-refractivity contribution is -0.144. The number of fused-ring (bicyclic) bond motifs is 1. The average Bonchev–Trinajstić information content (AvgIpc) is 2.37. The fraction of sp³-hybridized carbons (Fsp3) is 0.462. The maximum atomic E-state index is 11.3. The van der Waals surface area contributed by atoms with Crippen LogP contribution in [0.25, 0.3) is 0 Å². The molecular formula is C13H16O3S. The van der Waals surface area contributed by atoms with Gasteiger partial charge in [-0.2, -0.15) is 0 Å². The van der Waals surface area contributed by atoms with E-state index in [1.165, 1.54) is 10.5 Å². The van der Waals surface area contributed by atoms with Crippen LogP contribution in [0.4, 0.5) is 0 Å². The fourth-order valence-electron chi connectivity index (χ4n) is 1.99. The van der Waals surface area contributed by atoms with E-state index in [0.717, 1.165) is 18.6 Å². The van der Waals surface area contributed by atoms with Crippen molar-refractivity contribution in [1.29, 1.82) is 0 Å². The van der Waals surface area contributed by atoms with Crippen molar-refractivity contribution >= 4 is 17.7 Å². The van der Waals surface area contributed by atoms with Crippen LogP contribution in [-0.4, -0.2) is 28.5 Å². The first-order chi connectivity index (χ1) is 8.08. The van der Waals surface area contributed by atoms with Crippen LogP contribution in [-0.2, 0) is 16.6 Å². The number of rotatable bonds is 3. The Labute approximate surface area is 105 Å². The molecule has 4 heteroatoms. The van der Waals surface area contributed by atoms with Crippen molar-refractivity contribution in [2.24, 2.45) is 0 Å². The van der Waals surface area contributed by atoms with Gasteiger partial charge in [-0.1, -0.05) is 12.1 Å². The Balaban J connectivity index is 2.42. The zero-order chi connectivity index (χ0) is 12.5. The smallest absolute Gasteiger partial charge is 0.316 e. The summed E-state index contributed by atoms with van der Waals surface area (Å²) in [5, 5.41) is 18.6. The summed E-state index contributed by atoms with van der Waals surface area (Å²) in [7, 11) is 0. The number of aryl methyl sites for hydroxylation is 1. The molecule has 17 heavy (non-hydrogen) atoms. The summed E-state index contributed by atoms with van der Waals surface area (Å²) in [5.74, 6) is 0.145. The normalized spacial score (nSPS) is 18.2. The maximum absolute atomic E-state index is 11.3. The highest BCUT2D eigenvalue weighted by Crippen LogP contribution is 2.33. The fourth-order valence-corrected chi connectivity index (χ4v) is 3.01. The number of thioether (sulfide) groups is 1. The molecule has 92 valence electrons. The molecule has 1 atom stereocenters. The molecule has 0 saturated carbocycles. The van der Waals surface area contributed by atoms with Crippen LogP contribution in [0.3, 0.4) is 0 Å². The molecule has 0 aromatic heterocycles. The minimum absolute atomic E-state index is 0.381. The molecule has 0 bridgehead atoms. The summed E-state index contributed by atoms with van der Waals surface area (Å²) in [5.41, 5.74) is 0.699. The molecule has 0 saturated heterocycles. The summed E-state index contributed by atoms with van der Waals surface area (Å²) < 4.78 is 0. The van der Waals surface area contributed by atoms with E-state index in [2.05, 4.69) is 0 Å². The predicted molar refractivity (Wildman–Crippen MR) is 67.6 cm³/mol. The number of hydrogen-bond acceptors (Lipinski definition) is 3. The summed E-state index contributed by atoms with van der Waals surface area (Å²) in [6.45, 7) is 1.18. The van der Waals surface area contributed by atoms with Gasteiger partial charge in [0.05, 0.1) is 6.61 Å². The highest BCUT2D eigenvalue weighted by Gasteiger charge is 2.35. The van der Waals surface area contributed by atoms with Crippen LogP contribution in [0.2, 0.25) is 0 Å². The Bertz CT molecular complexity index is 444. The molecule has 2 rings (SSSR count). The molecule has 0 radical (unpaired) electrons. The van der Waals surface area contributed by atoms with Crippen LogP contribution in [0.15, 0.2) is 23.1 Å². The Morgan fingerprint density at radius 1 is 1.53 bits per heavy atom. The Hall–Kier alpha value is -1.00. The van der Waals surface area contributed by atoms with Crippen LogP contribution < -0.4 is 0 Å². The molecular weight excluding hydrogens is 236 g/mol. The highest BCUT2D eigenvalue weighted by atomic mass is 32.2. The molecule has 1 aromatic carbocycles. The van der Waals surface area contributed by atoms with Gasteiger partial charge in [0.2, 0.25) is 0 Å². The lowest BCUT2D eigenvalue weighted by atomic mass is 9.82. The molecule has 0 fully saturated rings. The molecule has 2 N–H and O–H groups in total. The van der Waals surface area contributed by atoms with Crippen LogP contribution >= 0.6 is 11.8 Å². The van der Waals surface area contributed by atoms with Gasteiger partial charge < -0.3 is 10.2 Å². The van der Waals surface area contributed by atoms with Gasteiger partial charge in [0.25, 0.3) is 0 Å². The van der Waals surface area contributed by atoms with E-state index in [1.807, 2.05) is 30.0 Å². The predicted octanol–water partition coefficient (Wildman–Crippen LogP) is 2.06. The van der Waals surface area contributed by atoms with Crippen LogP contribution in [0.1, 0.15) is 24.5 Å². The van der Waals surface area contributed by atoms with E-state index >= 15 is 0 Å². The van der Waals surface area contributed by atoms with Crippen molar-refractivity contribution in [2.45, 2.75) is 30.1 Å². The third-order valence-electron chi connectivity index (χ3n) is 3.33. The first-order valence-electron chi connectivity index (χ1n) is 5.68. The van der Waals surface area contributed by atoms with E-state index < -0.39 is 11.4 Å². The molecule has 0 aliphatic carbocycles. The molecule has 0 amide bonds. The summed E-state index contributed by atoms with van der Waals surface area (Å²) >= 11 is 1.81. The first-order valence-corrected chi connectivity index (χ1v) is 6.67. The molecule has 1 aliphatic rings. The average molecular weight is 252 g/mol. The molecule has 3 nitrogen and oxygen atoms in total. The van der Waals surface area contributed by atoms with E-state index in [1.54, 1.807) is 6.92 Å². The second-order valence-electron chi connectivity index (χ2n) is 4.57. The number of aliphatic hydroxyl groups is 1. The van der Waals surface area contributed by atoms with Gasteiger partial charge in [-0.25, -0.2) is 0 Å². The minimum Gasteiger partial charge on any atom is -0.481 e. The largest absolute Gasteiger partial charge is 0.481 e. The number of benzene rings is 1. The molecule has 1 aliphatic heterocycles. The Morgan fingerprint density at radius 2 is 2.29 bits per heavy atom. The number of aliphatic hydroxyl groups excluding tert-OH is 1. The van der Waals surface area contributed by atoms with E-state index in [0.29, 0.717) is 5.56 Å². The SMILES string of the molecule is CC(CO)(C(=O)O)c1ccc2c(c1)CCCS2. The van der Waals surface area contributed by atoms with E-state index in [-0.39, 0.29) is 6.61 Å². The number of carboxylic acids is 1. The van der Waals surface area contributed by atoms with Crippen molar-refractivity contribution in [3.63, 3.8) is 0 Å². The summed E-state index contributed by atoms with van der Waals surface area (Å²) in [4.78, 5) is 12.5. The van der Waals surface area contributed by atoms with Crippen molar-refractivity contribution in [2.75, 3.05) is 12.4 Å². The molecule has 1 heterocycles. The summed E-state index contributed by atoms with van der Waals surface area (Å²) in [6, 6.07) is 5.73. The third kappa shape index (κ3) is 2.19. The Morgan fingerprint density at radius 3 is 2.94 bits per heavy atom. The number of aliphatic carboxylic acids is 1. The van der Waals surface area contributed by atoms with Gasteiger partial charge in [0.15, 0.2) is 0 Å². The number of hydrogen-bond donors (Lipinski definition) is 2. The quantitative estimate of drug-likeness (QED) is 0.864. The molecule has 1 aromatic rings. The van der Waals surface area contributed by atoms with Crippen molar-refractivity contribution in [3.8, 4) is 0 Å². The lowest BCUT2D eigenvalue weighted by Gasteiger charge is -2.25. The topological polar surface area (TPSA) is 57.5 Å².